The Morgan fingerprint density at radius 3 is 2.24 bits per heavy atom. The van der Waals surface area contributed by atoms with Gasteiger partial charge in [-0.2, -0.15) is 0 Å². The van der Waals surface area contributed by atoms with Gasteiger partial charge in [0.2, 0.25) is 0 Å². The number of carboxylic acids is 1. The molecule has 3 aromatic carbocycles. The highest BCUT2D eigenvalue weighted by Crippen LogP contribution is 2.44. The maximum atomic E-state index is 12.7. The second-order valence-electron chi connectivity index (χ2n) is 9.08. The quantitative estimate of drug-likeness (QED) is 0.241. The number of carbonyl (C=O) groups excluding carboxylic acids is 1. The Morgan fingerprint density at radius 2 is 1.58 bits per heavy atom. The van der Waals surface area contributed by atoms with Gasteiger partial charge in [-0.1, -0.05) is 66.7 Å². The van der Waals surface area contributed by atoms with E-state index >= 15 is 0 Å². The van der Waals surface area contributed by atoms with Crippen molar-refractivity contribution >= 4 is 17.7 Å². The zero-order valence-corrected chi connectivity index (χ0v) is 20.3. The van der Waals surface area contributed by atoms with Crippen LogP contribution in [-0.4, -0.2) is 39.3 Å². The number of ether oxygens (including phenoxy) is 1. The van der Waals surface area contributed by atoms with E-state index in [0.717, 1.165) is 22.3 Å². The van der Waals surface area contributed by atoms with Gasteiger partial charge in [-0.3, -0.25) is 10.1 Å². The average Bonchev–Trinajstić information content (AvgIpc) is 3.49. The van der Waals surface area contributed by atoms with Gasteiger partial charge in [-0.25, -0.2) is 9.59 Å². The van der Waals surface area contributed by atoms with E-state index in [1.165, 1.54) is 6.07 Å². The third-order valence-electron chi connectivity index (χ3n) is 6.80. The first-order valence-corrected chi connectivity index (χ1v) is 12.1. The molecule has 1 amide bonds. The van der Waals surface area contributed by atoms with E-state index < -0.39 is 23.0 Å². The summed E-state index contributed by atoms with van der Waals surface area (Å²) in [4.78, 5) is 35.6. The van der Waals surface area contributed by atoms with Crippen LogP contribution in [0.1, 0.15) is 28.3 Å². The first kappa shape index (κ1) is 24.8. The summed E-state index contributed by atoms with van der Waals surface area (Å²) in [5, 5.41) is 23.6. The molecular formula is C29H25N3O6. The van der Waals surface area contributed by atoms with Gasteiger partial charge in [0, 0.05) is 35.9 Å². The average molecular weight is 512 g/mol. The molecular weight excluding hydrogens is 486 g/mol. The number of amides is 1. The summed E-state index contributed by atoms with van der Waals surface area (Å²) in [7, 11) is 0. The molecule has 1 aliphatic rings. The predicted molar refractivity (Wildman–Crippen MR) is 140 cm³/mol. The molecule has 0 radical (unpaired) electrons. The number of nitrogens with zero attached hydrogens (tertiary/aromatic N) is 2. The summed E-state index contributed by atoms with van der Waals surface area (Å²) in [5.74, 6) is -1.35. The van der Waals surface area contributed by atoms with Gasteiger partial charge in [-0.15, -0.1) is 0 Å². The highest BCUT2D eigenvalue weighted by atomic mass is 16.6. The number of nitro benzene ring substituents is 1. The number of alkyl carbamates (subject to hydrolysis) is 1. The first-order chi connectivity index (χ1) is 18.4. The molecule has 0 bridgehead atoms. The summed E-state index contributed by atoms with van der Waals surface area (Å²) in [6.45, 7) is 0.261. The summed E-state index contributed by atoms with van der Waals surface area (Å²) >= 11 is 0. The summed E-state index contributed by atoms with van der Waals surface area (Å²) in [6.07, 6.45) is 0.877. The van der Waals surface area contributed by atoms with Crippen molar-refractivity contribution in [2.24, 2.45) is 0 Å². The van der Waals surface area contributed by atoms with Gasteiger partial charge in [0.25, 0.3) is 5.69 Å². The van der Waals surface area contributed by atoms with Crippen LogP contribution in [0.2, 0.25) is 0 Å². The van der Waals surface area contributed by atoms with Crippen molar-refractivity contribution in [2.45, 2.75) is 24.9 Å². The molecule has 192 valence electrons. The number of rotatable bonds is 9. The Morgan fingerprint density at radius 1 is 0.947 bits per heavy atom. The smallest absolute Gasteiger partial charge is 0.407 e. The van der Waals surface area contributed by atoms with Crippen molar-refractivity contribution < 1.29 is 24.4 Å². The van der Waals surface area contributed by atoms with Crippen LogP contribution >= 0.6 is 0 Å². The minimum Gasteiger partial charge on any atom is -0.480 e. The number of fused-ring (bicyclic) bond motifs is 3. The van der Waals surface area contributed by atoms with Crippen molar-refractivity contribution in [1.82, 2.24) is 9.88 Å². The molecule has 0 saturated carbocycles. The molecule has 0 fully saturated rings. The lowest BCUT2D eigenvalue weighted by atomic mass is 9.98. The predicted octanol–water partition coefficient (Wildman–Crippen LogP) is 4.98. The summed E-state index contributed by atoms with van der Waals surface area (Å²) in [6, 6.07) is 24.5. The highest BCUT2D eigenvalue weighted by molar-refractivity contribution is 5.81. The van der Waals surface area contributed by atoms with Crippen molar-refractivity contribution in [3.63, 3.8) is 0 Å². The van der Waals surface area contributed by atoms with Crippen LogP contribution in [0.3, 0.4) is 0 Å². The lowest BCUT2D eigenvalue weighted by molar-refractivity contribution is -0.385. The van der Waals surface area contributed by atoms with Gasteiger partial charge >= 0.3 is 12.1 Å². The second-order valence-corrected chi connectivity index (χ2v) is 9.08. The number of carboxylic acid groups (broad SMARTS) is 1. The van der Waals surface area contributed by atoms with Gasteiger partial charge in [0.15, 0.2) is 0 Å². The summed E-state index contributed by atoms with van der Waals surface area (Å²) in [5.41, 5.74) is 5.40. The van der Waals surface area contributed by atoms with Gasteiger partial charge < -0.3 is 19.7 Å². The number of nitro groups is 1. The number of para-hydroxylation sites is 1. The van der Waals surface area contributed by atoms with Crippen LogP contribution in [0.4, 0.5) is 10.5 Å². The third kappa shape index (κ3) is 4.99. The van der Waals surface area contributed by atoms with Crippen molar-refractivity contribution in [3.8, 4) is 11.1 Å². The first-order valence-electron chi connectivity index (χ1n) is 12.1. The molecule has 2 N–H and O–H groups in total. The highest BCUT2D eigenvalue weighted by Gasteiger charge is 2.30. The third-order valence-corrected chi connectivity index (χ3v) is 6.80. The number of hydrogen-bond acceptors (Lipinski definition) is 5. The number of aliphatic carboxylic acids is 1. The Hall–Kier alpha value is -4.92. The molecule has 4 aromatic rings. The molecule has 1 aromatic heterocycles. The van der Waals surface area contributed by atoms with E-state index in [9.17, 15) is 24.8 Å². The normalized spacial score (nSPS) is 12.8. The molecule has 9 nitrogen and oxygen atoms in total. The van der Waals surface area contributed by atoms with E-state index in [-0.39, 0.29) is 31.2 Å². The Bertz CT molecular complexity index is 1470. The molecule has 5 rings (SSSR count). The number of hydrogen-bond donors (Lipinski definition) is 2. The molecule has 1 unspecified atom stereocenters. The number of aromatic nitrogens is 1. The Balaban J connectivity index is 1.26. The largest absolute Gasteiger partial charge is 0.480 e. The molecule has 38 heavy (non-hydrogen) atoms. The van der Waals surface area contributed by atoms with Gasteiger partial charge in [0.05, 0.1) is 11.5 Å². The van der Waals surface area contributed by atoms with Crippen LogP contribution < -0.4 is 5.32 Å². The molecule has 1 aliphatic carbocycles. The molecule has 0 spiro atoms. The van der Waals surface area contributed by atoms with E-state index in [2.05, 4.69) is 5.32 Å². The van der Waals surface area contributed by atoms with Gasteiger partial charge in [0.1, 0.15) is 12.6 Å². The second kappa shape index (κ2) is 10.6. The maximum Gasteiger partial charge on any atom is 0.407 e. The van der Waals surface area contributed by atoms with Crippen LogP contribution in [0.15, 0.2) is 91.1 Å². The van der Waals surface area contributed by atoms with Crippen molar-refractivity contribution in [1.29, 1.82) is 0 Å². The zero-order chi connectivity index (χ0) is 26.6. The van der Waals surface area contributed by atoms with E-state index in [4.69, 9.17) is 4.74 Å². The van der Waals surface area contributed by atoms with E-state index in [1.807, 2.05) is 48.5 Å². The number of nitrogens with one attached hydrogen (secondary N) is 1. The monoisotopic (exact) mass is 511 g/mol. The number of benzene rings is 3. The Kier molecular flexibility index (Phi) is 6.90. The fourth-order valence-corrected chi connectivity index (χ4v) is 4.99. The van der Waals surface area contributed by atoms with Crippen LogP contribution in [-0.2, 0) is 22.5 Å². The van der Waals surface area contributed by atoms with Crippen molar-refractivity contribution in [3.05, 3.63) is 124 Å². The van der Waals surface area contributed by atoms with Crippen LogP contribution in [0.25, 0.3) is 11.1 Å². The molecule has 1 atom stereocenters. The Labute approximate surface area is 218 Å². The van der Waals surface area contributed by atoms with Crippen LogP contribution in [0.5, 0.6) is 0 Å². The molecule has 1 heterocycles. The number of carbonyl (C=O) groups is 2. The van der Waals surface area contributed by atoms with Crippen LogP contribution in [0, 0.1) is 10.1 Å². The standard InChI is InChI=1S/C29H25N3O6/c33-28(34)26(16-20-9-7-15-31(20)17-19-8-1-6-14-27(19)32(36)37)30-29(35)38-18-25-23-12-4-2-10-21(23)22-11-3-5-13-24(22)25/h1-15,25-26H,16-18H2,(H,30,35)(H,33,34). The zero-order valence-electron chi connectivity index (χ0n) is 20.3. The minimum atomic E-state index is -1.25. The topological polar surface area (TPSA) is 124 Å². The lowest BCUT2D eigenvalue weighted by Gasteiger charge is -2.18. The minimum absolute atomic E-state index is 0.0151. The SMILES string of the molecule is O=C(NC(Cc1cccn1Cc1ccccc1[N+](=O)[O-])C(=O)O)OCC1c2ccccc2-c2ccccc21. The lowest BCUT2D eigenvalue weighted by Crippen LogP contribution is -2.43. The fourth-order valence-electron chi connectivity index (χ4n) is 4.99. The molecule has 9 heteroatoms. The fraction of sp³-hybridized carbons (Fsp3) is 0.172. The van der Waals surface area contributed by atoms with Crippen molar-refractivity contribution in [2.75, 3.05) is 6.61 Å². The van der Waals surface area contributed by atoms with Gasteiger partial charge in [-0.05, 0) is 34.4 Å². The summed E-state index contributed by atoms with van der Waals surface area (Å²) < 4.78 is 7.25. The molecule has 0 aliphatic heterocycles. The van der Waals surface area contributed by atoms with E-state index in [0.29, 0.717) is 11.3 Å². The maximum absolute atomic E-state index is 12.7. The molecule has 0 saturated heterocycles. The van der Waals surface area contributed by atoms with E-state index in [1.54, 1.807) is 41.1 Å².